The molecule has 2 heterocycles. The zero-order chi connectivity index (χ0) is 12.4. The van der Waals surface area contributed by atoms with Crippen molar-refractivity contribution < 1.29 is 0 Å². The highest BCUT2D eigenvalue weighted by Crippen LogP contribution is 2.22. The van der Waals surface area contributed by atoms with Gasteiger partial charge in [0.05, 0.1) is 5.75 Å². The maximum absolute atomic E-state index is 5.95. The van der Waals surface area contributed by atoms with Crippen LogP contribution in [0.5, 0.6) is 0 Å². The summed E-state index contributed by atoms with van der Waals surface area (Å²) in [6.07, 6.45) is 3.47. The standard InChI is InChI=1S/C12H9ClN4S/c13-11-12-16-15-10(17(12)7-6-14-11)8-18-9-4-2-1-3-5-9/h1-7H,8H2. The van der Waals surface area contributed by atoms with Gasteiger partial charge in [-0.2, -0.15) is 0 Å². The second kappa shape index (κ2) is 4.96. The number of nitrogens with zero attached hydrogens (tertiary/aromatic N) is 4. The summed E-state index contributed by atoms with van der Waals surface area (Å²) in [7, 11) is 0. The summed E-state index contributed by atoms with van der Waals surface area (Å²) in [6, 6.07) is 10.2. The van der Waals surface area contributed by atoms with Gasteiger partial charge in [-0.25, -0.2) is 4.98 Å². The van der Waals surface area contributed by atoms with E-state index in [0.717, 1.165) is 11.6 Å². The molecule has 6 heteroatoms. The van der Waals surface area contributed by atoms with Crippen LogP contribution in [0.15, 0.2) is 47.6 Å². The molecule has 0 spiro atoms. The third-order valence-electron chi connectivity index (χ3n) is 2.47. The van der Waals surface area contributed by atoms with Gasteiger partial charge in [0.1, 0.15) is 5.82 Å². The number of aromatic nitrogens is 4. The molecule has 2 aromatic heterocycles. The van der Waals surface area contributed by atoms with Crippen molar-refractivity contribution in [3.63, 3.8) is 0 Å². The van der Waals surface area contributed by atoms with Crippen molar-refractivity contribution in [2.75, 3.05) is 0 Å². The van der Waals surface area contributed by atoms with Crippen molar-refractivity contribution in [2.45, 2.75) is 10.6 Å². The molecule has 0 aliphatic carbocycles. The van der Waals surface area contributed by atoms with E-state index >= 15 is 0 Å². The summed E-state index contributed by atoms with van der Waals surface area (Å²) in [6.45, 7) is 0. The second-order valence-electron chi connectivity index (χ2n) is 3.63. The molecule has 0 fully saturated rings. The minimum atomic E-state index is 0.376. The Morgan fingerprint density at radius 2 is 2.00 bits per heavy atom. The van der Waals surface area contributed by atoms with Gasteiger partial charge in [-0.3, -0.25) is 4.40 Å². The van der Waals surface area contributed by atoms with Gasteiger partial charge >= 0.3 is 0 Å². The first-order valence-electron chi connectivity index (χ1n) is 5.36. The first-order valence-corrected chi connectivity index (χ1v) is 6.73. The minimum absolute atomic E-state index is 0.376. The van der Waals surface area contributed by atoms with E-state index in [9.17, 15) is 0 Å². The Labute approximate surface area is 113 Å². The monoisotopic (exact) mass is 276 g/mol. The molecule has 0 radical (unpaired) electrons. The SMILES string of the molecule is Clc1nccn2c(CSc3ccccc3)nnc12. The minimum Gasteiger partial charge on any atom is -0.282 e. The maximum Gasteiger partial charge on any atom is 0.198 e. The molecule has 3 aromatic rings. The molecule has 4 nitrogen and oxygen atoms in total. The van der Waals surface area contributed by atoms with Gasteiger partial charge in [0, 0.05) is 17.3 Å². The molecule has 0 aliphatic heterocycles. The molecule has 18 heavy (non-hydrogen) atoms. The first kappa shape index (κ1) is 11.5. The van der Waals surface area contributed by atoms with E-state index in [0.29, 0.717) is 10.8 Å². The summed E-state index contributed by atoms with van der Waals surface area (Å²) in [4.78, 5) is 5.18. The van der Waals surface area contributed by atoms with Crippen LogP contribution in [0, 0.1) is 0 Å². The molecule has 0 bridgehead atoms. The van der Waals surface area contributed by atoms with Crippen LogP contribution in [0.1, 0.15) is 5.82 Å². The Morgan fingerprint density at radius 1 is 1.17 bits per heavy atom. The molecular weight excluding hydrogens is 268 g/mol. The lowest BCUT2D eigenvalue weighted by Crippen LogP contribution is -1.93. The highest BCUT2D eigenvalue weighted by atomic mass is 35.5. The van der Waals surface area contributed by atoms with Crippen LogP contribution in [0.4, 0.5) is 0 Å². The fourth-order valence-corrected chi connectivity index (χ4v) is 2.63. The van der Waals surface area contributed by atoms with Crippen molar-refractivity contribution in [2.24, 2.45) is 0 Å². The summed E-state index contributed by atoms with van der Waals surface area (Å²) >= 11 is 7.66. The Kier molecular flexibility index (Phi) is 3.17. The number of fused-ring (bicyclic) bond motifs is 1. The summed E-state index contributed by atoms with van der Waals surface area (Å²) in [5.41, 5.74) is 0.600. The summed E-state index contributed by atoms with van der Waals surface area (Å²) in [5.74, 6) is 1.61. The molecule has 3 rings (SSSR count). The van der Waals surface area contributed by atoms with Crippen molar-refractivity contribution in [3.05, 3.63) is 53.7 Å². The maximum atomic E-state index is 5.95. The fraction of sp³-hybridized carbons (Fsp3) is 0.0833. The van der Waals surface area contributed by atoms with E-state index in [1.165, 1.54) is 4.90 Å². The molecule has 0 atom stereocenters. The van der Waals surface area contributed by atoms with Gasteiger partial charge in [-0.15, -0.1) is 22.0 Å². The molecule has 0 saturated carbocycles. The Hall–Kier alpha value is -1.59. The van der Waals surface area contributed by atoms with E-state index < -0.39 is 0 Å². The largest absolute Gasteiger partial charge is 0.282 e. The normalized spacial score (nSPS) is 10.9. The van der Waals surface area contributed by atoms with Gasteiger partial charge < -0.3 is 0 Å². The van der Waals surface area contributed by atoms with Crippen LogP contribution in [-0.2, 0) is 5.75 Å². The molecule has 90 valence electrons. The van der Waals surface area contributed by atoms with E-state index in [2.05, 4.69) is 27.3 Å². The quantitative estimate of drug-likeness (QED) is 0.690. The fourth-order valence-electron chi connectivity index (χ4n) is 1.61. The second-order valence-corrected chi connectivity index (χ2v) is 5.04. The summed E-state index contributed by atoms with van der Waals surface area (Å²) < 4.78 is 1.87. The van der Waals surface area contributed by atoms with E-state index in [4.69, 9.17) is 11.6 Å². The average Bonchev–Trinajstić information content (AvgIpc) is 2.82. The highest BCUT2D eigenvalue weighted by Gasteiger charge is 2.08. The van der Waals surface area contributed by atoms with E-state index in [-0.39, 0.29) is 0 Å². The van der Waals surface area contributed by atoms with Crippen LogP contribution in [0.3, 0.4) is 0 Å². The Morgan fingerprint density at radius 3 is 2.83 bits per heavy atom. The predicted molar refractivity (Wildman–Crippen MR) is 71.8 cm³/mol. The molecule has 0 aliphatic rings. The molecule has 0 N–H and O–H groups in total. The topological polar surface area (TPSA) is 43.1 Å². The molecule has 0 saturated heterocycles. The number of thioether (sulfide) groups is 1. The van der Waals surface area contributed by atoms with E-state index in [1.807, 2.05) is 28.8 Å². The van der Waals surface area contributed by atoms with Gasteiger partial charge in [-0.1, -0.05) is 29.8 Å². The van der Waals surface area contributed by atoms with Crippen molar-refractivity contribution in [1.82, 2.24) is 19.6 Å². The van der Waals surface area contributed by atoms with Crippen LogP contribution < -0.4 is 0 Å². The lowest BCUT2D eigenvalue weighted by molar-refractivity contribution is 0.985. The van der Waals surface area contributed by atoms with Gasteiger partial charge in [0.15, 0.2) is 10.8 Å². The number of rotatable bonds is 3. The van der Waals surface area contributed by atoms with Crippen LogP contribution in [0.2, 0.25) is 5.15 Å². The number of benzene rings is 1. The average molecular weight is 277 g/mol. The Bertz CT molecular complexity index is 668. The predicted octanol–water partition coefficient (Wildman–Crippen LogP) is 3.07. The van der Waals surface area contributed by atoms with Crippen molar-refractivity contribution in [3.8, 4) is 0 Å². The molecule has 0 unspecified atom stereocenters. The van der Waals surface area contributed by atoms with Crippen LogP contribution in [0.25, 0.3) is 5.65 Å². The van der Waals surface area contributed by atoms with E-state index in [1.54, 1.807) is 18.0 Å². The lowest BCUT2D eigenvalue weighted by atomic mass is 10.4. The number of halogens is 1. The number of hydrogen-bond acceptors (Lipinski definition) is 4. The zero-order valence-electron chi connectivity index (χ0n) is 9.32. The van der Waals surface area contributed by atoms with Crippen molar-refractivity contribution in [1.29, 1.82) is 0 Å². The van der Waals surface area contributed by atoms with Crippen LogP contribution >= 0.6 is 23.4 Å². The third-order valence-corrected chi connectivity index (χ3v) is 3.74. The van der Waals surface area contributed by atoms with Crippen LogP contribution in [-0.4, -0.2) is 19.6 Å². The lowest BCUT2D eigenvalue weighted by Gasteiger charge is -2.00. The first-order chi connectivity index (χ1) is 8.84. The molecular formula is C12H9ClN4S. The molecule has 1 aromatic carbocycles. The third kappa shape index (κ3) is 2.19. The zero-order valence-corrected chi connectivity index (χ0v) is 10.9. The number of hydrogen-bond donors (Lipinski definition) is 0. The smallest absolute Gasteiger partial charge is 0.198 e. The highest BCUT2D eigenvalue weighted by molar-refractivity contribution is 7.98. The summed E-state index contributed by atoms with van der Waals surface area (Å²) in [5, 5.41) is 8.55. The van der Waals surface area contributed by atoms with Crippen molar-refractivity contribution >= 4 is 29.0 Å². The van der Waals surface area contributed by atoms with Gasteiger partial charge in [0.25, 0.3) is 0 Å². The molecule has 0 amide bonds. The van der Waals surface area contributed by atoms with Gasteiger partial charge in [0.2, 0.25) is 0 Å². The van der Waals surface area contributed by atoms with Gasteiger partial charge in [-0.05, 0) is 12.1 Å². The Balaban J connectivity index is 1.85.